The van der Waals surface area contributed by atoms with E-state index in [1.807, 2.05) is 18.7 Å². The summed E-state index contributed by atoms with van der Waals surface area (Å²) in [6, 6.07) is 0. The maximum absolute atomic E-state index is 12.3. The van der Waals surface area contributed by atoms with E-state index in [1.165, 1.54) is 0 Å². The van der Waals surface area contributed by atoms with Crippen LogP contribution in [0.4, 0.5) is 0 Å². The van der Waals surface area contributed by atoms with Gasteiger partial charge in [-0.1, -0.05) is 6.08 Å². The smallest absolute Gasteiger partial charge is 0.293 e. The molecule has 3 unspecified atom stereocenters. The number of ether oxygens (including phenoxy) is 1. The number of carbonyl (C=O) groups excluding carboxylic acids is 2. The monoisotopic (exact) mass is 237 g/mol. The van der Waals surface area contributed by atoms with Crippen LogP contribution in [0.15, 0.2) is 11.6 Å². The molecule has 2 aliphatic carbocycles. The number of amides is 1. The van der Waals surface area contributed by atoms with Crippen molar-refractivity contribution in [1.82, 2.24) is 4.90 Å². The van der Waals surface area contributed by atoms with E-state index >= 15 is 0 Å². The first-order valence-electron chi connectivity index (χ1n) is 6.31. The van der Waals surface area contributed by atoms with Gasteiger partial charge in [0, 0.05) is 24.6 Å². The molecule has 1 fully saturated rings. The van der Waals surface area contributed by atoms with E-state index in [1.54, 1.807) is 0 Å². The lowest BCUT2D eigenvalue weighted by Crippen LogP contribution is -2.35. The minimum atomic E-state index is -0.0861. The highest BCUT2D eigenvalue weighted by atomic mass is 16.5. The van der Waals surface area contributed by atoms with Crippen molar-refractivity contribution in [2.24, 2.45) is 11.8 Å². The molecule has 0 spiro atoms. The van der Waals surface area contributed by atoms with E-state index in [9.17, 15) is 9.59 Å². The number of fused-ring (bicyclic) bond motifs is 2. The summed E-state index contributed by atoms with van der Waals surface area (Å²) in [5, 5.41) is 0. The van der Waals surface area contributed by atoms with Crippen molar-refractivity contribution in [3.63, 3.8) is 0 Å². The number of hydrogen-bond acceptors (Lipinski definition) is 3. The fourth-order valence-corrected chi connectivity index (χ4v) is 3.02. The quantitative estimate of drug-likeness (QED) is 0.678. The zero-order chi connectivity index (χ0) is 12.4. The normalized spacial score (nSPS) is 30.0. The van der Waals surface area contributed by atoms with Gasteiger partial charge in [-0.3, -0.25) is 9.59 Å². The van der Waals surface area contributed by atoms with Crippen LogP contribution in [0.3, 0.4) is 0 Å². The summed E-state index contributed by atoms with van der Waals surface area (Å²) in [4.78, 5) is 24.5. The summed E-state index contributed by atoms with van der Waals surface area (Å²) in [5.74, 6) is 0.652. The van der Waals surface area contributed by atoms with Crippen LogP contribution in [0.5, 0.6) is 0 Å². The van der Waals surface area contributed by atoms with E-state index in [2.05, 4.69) is 6.08 Å². The Morgan fingerprint density at radius 1 is 1.47 bits per heavy atom. The first-order chi connectivity index (χ1) is 8.21. The van der Waals surface area contributed by atoms with Gasteiger partial charge in [0.05, 0.1) is 0 Å². The molecule has 0 saturated heterocycles. The largest absolute Gasteiger partial charge is 0.464 e. The molecule has 4 heteroatoms. The molecule has 3 atom stereocenters. The fraction of sp³-hybridized carbons (Fsp3) is 0.692. The number of rotatable bonds is 5. The Bertz CT molecular complexity index is 347. The molecule has 0 aliphatic heterocycles. The van der Waals surface area contributed by atoms with Crippen LogP contribution in [0.1, 0.15) is 26.7 Å². The third-order valence-electron chi connectivity index (χ3n) is 3.88. The third-order valence-corrected chi connectivity index (χ3v) is 3.88. The summed E-state index contributed by atoms with van der Waals surface area (Å²) in [6.07, 6.45) is 3.83. The lowest BCUT2D eigenvalue weighted by molar-refractivity contribution is -0.136. The van der Waals surface area contributed by atoms with Gasteiger partial charge < -0.3 is 9.64 Å². The van der Waals surface area contributed by atoms with E-state index < -0.39 is 0 Å². The molecule has 17 heavy (non-hydrogen) atoms. The Hall–Kier alpha value is -1.32. The van der Waals surface area contributed by atoms with Crippen molar-refractivity contribution in [1.29, 1.82) is 0 Å². The molecule has 2 bridgehead atoms. The summed E-state index contributed by atoms with van der Waals surface area (Å²) >= 11 is 0. The zero-order valence-electron chi connectivity index (χ0n) is 10.4. The molecular formula is C13H19NO3. The summed E-state index contributed by atoms with van der Waals surface area (Å²) in [5.41, 5.74) is 0.858. The van der Waals surface area contributed by atoms with E-state index in [0.29, 0.717) is 12.4 Å². The molecule has 0 aromatic carbocycles. The number of likely N-dealkylation sites (N-methyl/N-ethyl adjacent to an activating group) is 1. The van der Waals surface area contributed by atoms with Gasteiger partial charge in [0.2, 0.25) is 5.91 Å². The van der Waals surface area contributed by atoms with Crippen LogP contribution >= 0.6 is 0 Å². The molecule has 0 aromatic rings. The number of hydrogen-bond donors (Lipinski definition) is 0. The average molecular weight is 237 g/mol. The second-order valence-electron chi connectivity index (χ2n) is 4.71. The van der Waals surface area contributed by atoms with Crippen LogP contribution in [0, 0.1) is 11.8 Å². The first-order valence-corrected chi connectivity index (χ1v) is 6.31. The predicted molar refractivity (Wildman–Crippen MR) is 63.2 cm³/mol. The maximum atomic E-state index is 12.3. The van der Waals surface area contributed by atoms with E-state index in [0.717, 1.165) is 31.5 Å². The third kappa shape index (κ3) is 2.08. The van der Waals surface area contributed by atoms with Crippen LogP contribution in [-0.4, -0.2) is 36.5 Å². The predicted octanol–water partition coefficient (Wildman–Crippen LogP) is 1.36. The Kier molecular flexibility index (Phi) is 3.50. The second kappa shape index (κ2) is 4.90. The fourth-order valence-electron chi connectivity index (χ4n) is 3.02. The van der Waals surface area contributed by atoms with E-state index in [-0.39, 0.29) is 17.9 Å². The van der Waals surface area contributed by atoms with Crippen molar-refractivity contribution in [3.8, 4) is 0 Å². The molecule has 1 amide bonds. The van der Waals surface area contributed by atoms with Gasteiger partial charge >= 0.3 is 0 Å². The van der Waals surface area contributed by atoms with Gasteiger partial charge in [-0.05, 0) is 32.6 Å². The highest BCUT2D eigenvalue weighted by molar-refractivity contribution is 5.94. The zero-order valence-corrected chi connectivity index (χ0v) is 10.4. The Morgan fingerprint density at radius 2 is 2.18 bits per heavy atom. The van der Waals surface area contributed by atoms with Gasteiger partial charge in [-0.2, -0.15) is 0 Å². The maximum Gasteiger partial charge on any atom is 0.293 e. The lowest BCUT2D eigenvalue weighted by Gasteiger charge is -2.26. The van der Waals surface area contributed by atoms with Gasteiger partial charge in [0.1, 0.15) is 6.10 Å². The molecular weight excluding hydrogens is 218 g/mol. The van der Waals surface area contributed by atoms with Crippen molar-refractivity contribution in [2.75, 3.05) is 13.1 Å². The standard InChI is InChI=1S/C13H19NO3/c1-3-14(4-2)13(16)11-6-9-5-10(11)12(7-9)17-8-15/h6,8-10,12H,3-5,7H2,1-2H3. The van der Waals surface area contributed by atoms with Gasteiger partial charge in [0.15, 0.2) is 0 Å². The van der Waals surface area contributed by atoms with Gasteiger partial charge in [-0.15, -0.1) is 0 Å². The molecule has 94 valence electrons. The molecule has 2 rings (SSSR count). The molecule has 0 N–H and O–H groups in total. The van der Waals surface area contributed by atoms with Crippen LogP contribution in [0.25, 0.3) is 0 Å². The molecule has 0 radical (unpaired) electrons. The topological polar surface area (TPSA) is 46.6 Å². The summed E-state index contributed by atoms with van der Waals surface area (Å²) in [6.45, 7) is 5.92. The van der Waals surface area contributed by atoms with Crippen molar-refractivity contribution in [3.05, 3.63) is 11.6 Å². The molecule has 0 heterocycles. The minimum Gasteiger partial charge on any atom is -0.464 e. The Morgan fingerprint density at radius 3 is 2.71 bits per heavy atom. The van der Waals surface area contributed by atoms with Crippen molar-refractivity contribution >= 4 is 12.4 Å². The summed E-state index contributed by atoms with van der Waals surface area (Å²) in [7, 11) is 0. The molecule has 1 saturated carbocycles. The van der Waals surface area contributed by atoms with Crippen LogP contribution < -0.4 is 0 Å². The van der Waals surface area contributed by atoms with E-state index in [4.69, 9.17) is 4.74 Å². The molecule has 0 aromatic heterocycles. The molecule has 4 nitrogen and oxygen atoms in total. The van der Waals surface area contributed by atoms with Crippen molar-refractivity contribution < 1.29 is 14.3 Å². The average Bonchev–Trinajstić information content (AvgIpc) is 2.90. The summed E-state index contributed by atoms with van der Waals surface area (Å²) < 4.78 is 5.07. The minimum absolute atomic E-state index is 0.0861. The Labute approximate surface area is 102 Å². The van der Waals surface area contributed by atoms with Gasteiger partial charge in [0.25, 0.3) is 6.47 Å². The second-order valence-corrected chi connectivity index (χ2v) is 4.71. The van der Waals surface area contributed by atoms with Crippen LogP contribution in [0.2, 0.25) is 0 Å². The molecule has 2 aliphatic rings. The number of nitrogens with zero attached hydrogens (tertiary/aromatic N) is 1. The van der Waals surface area contributed by atoms with Crippen molar-refractivity contribution in [2.45, 2.75) is 32.8 Å². The Balaban J connectivity index is 2.10. The number of carbonyl (C=O) groups is 2. The number of allylic oxidation sites excluding steroid dienone is 1. The first kappa shape index (κ1) is 12.1. The highest BCUT2D eigenvalue weighted by Gasteiger charge is 2.45. The van der Waals surface area contributed by atoms with Crippen LogP contribution in [-0.2, 0) is 14.3 Å². The lowest BCUT2D eigenvalue weighted by atomic mass is 9.94. The van der Waals surface area contributed by atoms with Gasteiger partial charge in [-0.25, -0.2) is 0 Å². The SMILES string of the molecule is CCN(CC)C(=O)C1=CC2CC(OC=O)C1C2. The highest BCUT2D eigenvalue weighted by Crippen LogP contribution is 2.45.